The van der Waals surface area contributed by atoms with E-state index in [4.69, 9.17) is 0 Å². The fourth-order valence-electron chi connectivity index (χ4n) is 3.02. The van der Waals surface area contributed by atoms with Crippen LogP contribution in [0.25, 0.3) is 0 Å². The Kier molecular flexibility index (Phi) is 3.13. The molecule has 0 spiro atoms. The number of aromatic nitrogens is 2. The van der Waals surface area contributed by atoms with Gasteiger partial charge >= 0.3 is 0 Å². The van der Waals surface area contributed by atoms with Crippen LogP contribution in [0, 0.1) is 0 Å². The first kappa shape index (κ1) is 12.1. The molecule has 2 fully saturated rings. The third kappa shape index (κ3) is 1.96. The summed E-state index contributed by atoms with van der Waals surface area (Å²) in [6, 6.07) is 0.418. The van der Waals surface area contributed by atoms with Gasteiger partial charge in [-0.25, -0.2) is 8.42 Å². The average molecular weight is 270 g/mol. The van der Waals surface area contributed by atoms with Gasteiger partial charge in [0.05, 0.1) is 6.20 Å². The van der Waals surface area contributed by atoms with Crippen molar-refractivity contribution in [1.82, 2.24) is 19.8 Å². The van der Waals surface area contributed by atoms with Gasteiger partial charge in [0.25, 0.3) is 0 Å². The van der Waals surface area contributed by atoms with Gasteiger partial charge in [0, 0.05) is 24.8 Å². The third-order valence-corrected chi connectivity index (χ3v) is 5.78. The normalized spacial score (nSPS) is 30.0. The highest BCUT2D eigenvalue weighted by Crippen LogP contribution is 2.29. The lowest BCUT2D eigenvalue weighted by molar-refractivity contribution is 0.322. The van der Waals surface area contributed by atoms with Gasteiger partial charge in [-0.15, -0.1) is 0 Å². The molecule has 0 bridgehead atoms. The molecule has 18 heavy (non-hydrogen) atoms. The van der Waals surface area contributed by atoms with Crippen molar-refractivity contribution in [1.29, 1.82) is 0 Å². The predicted octanol–water partition coefficient (Wildman–Crippen LogP) is 0.315. The molecule has 0 aliphatic carbocycles. The lowest BCUT2D eigenvalue weighted by Crippen LogP contribution is -2.46. The molecule has 3 rings (SSSR count). The average Bonchev–Trinajstić information content (AvgIpc) is 3.11. The molecule has 1 aromatic rings. The second kappa shape index (κ2) is 4.64. The Balaban J connectivity index is 1.86. The number of hydrogen-bond donors (Lipinski definition) is 2. The van der Waals surface area contributed by atoms with Gasteiger partial charge in [-0.3, -0.25) is 5.10 Å². The minimum Gasteiger partial charge on any atom is -0.312 e. The minimum absolute atomic E-state index is 0.104. The highest BCUT2D eigenvalue weighted by atomic mass is 32.2. The maximum absolute atomic E-state index is 12.5. The number of hydrogen-bond acceptors (Lipinski definition) is 4. The van der Waals surface area contributed by atoms with Gasteiger partial charge < -0.3 is 5.32 Å². The third-order valence-electron chi connectivity index (χ3n) is 3.89. The molecule has 0 aromatic carbocycles. The Hall–Kier alpha value is -0.920. The van der Waals surface area contributed by atoms with E-state index in [9.17, 15) is 8.42 Å². The van der Waals surface area contributed by atoms with Crippen molar-refractivity contribution in [2.75, 3.05) is 13.1 Å². The van der Waals surface area contributed by atoms with E-state index in [0.29, 0.717) is 12.6 Å². The standard InChI is InChI=1S/C11H18N4O2S/c16-18(17,9-7-13-14-8-9)15-6-2-4-11(15)10-3-1-5-12-10/h7-8,10-12H,1-6H2,(H,13,14). The Morgan fingerprint density at radius 2 is 2.22 bits per heavy atom. The summed E-state index contributed by atoms with van der Waals surface area (Å²) in [5, 5.41) is 9.72. The molecule has 2 N–H and O–H groups in total. The molecule has 1 aromatic heterocycles. The molecule has 2 aliphatic rings. The van der Waals surface area contributed by atoms with Gasteiger partial charge in [0.1, 0.15) is 4.90 Å². The van der Waals surface area contributed by atoms with Crippen LogP contribution in [0.3, 0.4) is 0 Å². The van der Waals surface area contributed by atoms with Gasteiger partial charge in [-0.2, -0.15) is 9.40 Å². The fraction of sp³-hybridized carbons (Fsp3) is 0.727. The SMILES string of the molecule is O=S(=O)(c1cn[nH]c1)N1CCCC1C1CCCN1. The van der Waals surface area contributed by atoms with Gasteiger partial charge in [-0.1, -0.05) is 0 Å². The number of aromatic amines is 1. The summed E-state index contributed by atoms with van der Waals surface area (Å²) in [7, 11) is -3.38. The molecule has 3 heterocycles. The van der Waals surface area contributed by atoms with E-state index >= 15 is 0 Å². The van der Waals surface area contributed by atoms with Gasteiger partial charge in [0.15, 0.2) is 0 Å². The van der Waals surface area contributed by atoms with E-state index in [1.807, 2.05) is 0 Å². The first-order valence-corrected chi connectivity index (χ1v) is 7.87. The van der Waals surface area contributed by atoms with Crippen molar-refractivity contribution in [3.05, 3.63) is 12.4 Å². The quantitative estimate of drug-likeness (QED) is 0.829. The summed E-state index contributed by atoms with van der Waals surface area (Å²) in [6.45, 7) is 1.62. The number of H-pyrrole nitrogens is 1. The monoisotopic (exact) mass is 270 g/mol. The van der Waals surface area contributed by atoms with Crippen LogP contribution in [0.5, 0.6) is 0 Å². The second-order valence-corrected chi connectivity index (χ2v) is 6.85. The Morgan fingerprint density at radius 1 is 1.33 bits per heavy atom. The molecule has 0 saturated carbocycles. The van der Waals surface area contributed by atoms with Crippen molar-refractivity contribution < 1.29 is 8.42 Å². The van der Waals surface area contributed by atoms with E-state index < -0.39 is 10.0 Å². The van der Waals surface area contributed by atoms with E-state index in [0.717, 1.165) is 32.2 Å². The first-order chi connectivity index (χ1) is 8.69. The van der Waals surface area contributed by atoms with Crippen LogP contribution in [0.15, 0.2) is 17.3 Å². The van der Waals surface area contributed by atoms with E-state index in [-0.39, 0.29) is 10.9 Å². The van der Waals surface area contributed by atoms with Crippen LogP contribution in [0.1, 0.15) is 25.7 Å². The predicted molar refractivity (Wildman–Crippen MR) is 66.5 cm³/mol. The highest BCUT2D eigenvalue weighted by Gasteiger charge is 2.40. The van der Waals surface area contributed by atoms with Crippen molar-refractivity contribution in [2.45, 2.75) is 42.7 Å². The Morgan fingerprint density at radius 3 is 2.89 bits per heavy atom. The lowest BCUT2D eigenvalue weighted by Gasteiger charge is -2.28. The first-order valence-electron chi connectivity index (χ1n) is 6.43. The molecule has 2 saturated heterocycles. The number of rotatable bonds is 3. The van der Waals surface area contributed by atoms with E-state index in [2.05, 4.69) is 15.5 Å². The van der Waals surface area contributed by atoms with Crippen molar-refractivity contribution in [2.24, 2.45) is 0 Å². The summed E-state index contributed by atoms with van der Waals surface area (Å²) in [4.78, 5) is 0.271. The van der Waals surface area contributed by atoms with Crippen molar-refractivity contribution >= 4 is 10.0 Å². The van der Waals surface area contributed by atoms with E-state index in [1.54, 1.807) is 4.31 Å². The smallest absolute Gasteiger partial charge is 0.246 e. The topological polar surface area (TPSA) is 78.1 Å². The maximum atomic E-state index is 12.5. The van der Waals surface area contributed by atoms with Crippen molar-refractivity contribution in [3.8, 4) is 0 Å². The van der Waals surface area contributed by atoms with Crippen LogP contribution < -0.4 is 5.32 Å². The molecule has 100 valence electrons. The Bertz CT molecular complexity index is 493. The van der Waals surface area contributed by atoms with Crippen LogP contribution in [0.2, 0.25) is 0 Å². The Labute approximate surface area is 107 Å². The van der Waals surface area contributed by atoms with Crippen LogP contribution >= 0.6 is 0 Å². The summed E-state index contributed by atoms with van der Waals surface area (Å²) >= 11 is 0. The largest absolute Gasteiger partial charge is 0.312 e. The molecule has 2 aliphatic heterocycles. The zero-order valence-electron chi connectivity index (χ0n) is 10.2. The van der Waals surface area contributed by atoms with Crippen LogP contribution in [0.4, 0.5) is 0 Å². The lowest BCUT2D eigenvalue weighted by atomic mass is 10.1. The van der Waals surface area contributed by atoms with E-state index in [1.165, 1.54) is 12.4 Å². The van der Waals surface area contributed by atoms with Crippen LogP contribution in [-0.4, -0.2) is 48.1 Å². The highest BCUT2D eigenvalue weighted by molar-refractivity contribution is 7.89. The fourth-order valence-corrected chi connectivity index (χ4v) is 4.66. The summed E-state index contributed by atoms with van der Waals surface area (Å²) in [6.07, 6.45) is 6.94. The number of nitrogens with one attached hydrogen (secondary N) is 2. The number of sulfonamides is 1. The molecule has 7 heteroatoms. The minimum atomic E-state index is -3.38. The second-order valence-electron chi connectivity index (χ2n) is 4.96. The maximum Gasteiger partial charge on any atom is 0.246 e. The molecule has 0 radical (unpaired) electrons. The zero-order valence-corrected chi connectivity index (χ0v) is 11.0. The molecule has 2 atom stereocenters. The zero-order chi connectivity index (χ0) is 12.6. The summed E-state index contributed by atoms with van der Waals surface area (Å²) < 4.78 is 26.7. The summed E-state index contributed by atoms with van der Waals surface area (Å²) in [5.41, 5.74) is 0. The molecule has 0 amide bonds. The van der Waals surface area contributed by atoms with Gasteiger partial charge in [0.2, 0.25) is 10.0 Å². The van der Waals surface area contributed by atoms with Crippen molar-refractivity contribution in [3.63, 3.8) is 0 Å². The van der Waals surface area contributed by atoms with Gasteiger partial charge in [-0.05, 0) is 32.2 Å². The number of nitrogens with zero attached hydrogens (tertiary/aromatic N) is 2. The molecular weight excluding hydrogens is 252 g/mol. The summed E-state index contributed by atoms with van der Waals surface area (Å²) in [5.74, 6) is 0. The molecular formula is C11H18N4O2S. The molecule has 6 nitrogen and oxygen atoms in total. The van der Waals surface area contributed by atoms with Crippen LogP contribution in [-0.2, 0) is 10.0 Å². The molecule has 2 unspecified atom stereocenters.